The summed E-state index contributed by atoms with van der Waals surface area (Å²) in [5.41, 5.74) is 2.48. The fraction of sp³-hybridized carbons (Fsp3) is 0.600. The van der Waals surface area contributed by atoms with Crippen LogP contribution in [0.4, 0.5) is 11.4 Å². The van der Waals surface area contributed by atoms with Gasteiger partial charge >= 0.3 is 0 Å². The van der Waals surface area contributed by atoms with Gasteiger partial charge in [0, 0.05) is 24.7 Å². The Morgan fingerprint density at radius 1 is 1.11 bits per heavy atom. The third-order valence-corrected chi connectivity index (χ3v) is 3.76. The molecule has 0 amide bonds. The van der Waals surface area contributed by atoms with Gasteiger partial charge in [0.25, 0.3) is 0 Å². The van der Waals surface area contributed by atoms with Crippen molar-refractivity contribution in [2.24, 2.45) is 0 Å². The number of halogens is 1. The fourth-order valence-electron chi connectivity index (χ4n) is 2.60. The molecule has 0 aromatic heterocycles. The van der Waals surface area contributed by atoms with E-state index in [0.717, 1.165) is 11.6 Å². The number of nitrogens with one attached hydrogen (secondary N) is 1. The average Bonchev–Trinajstić information content (AvgIpc) is 2.30. The van der Waals surface area contributed by atoms with Crippen LogP contribution in [-0.4, -0.2) is 19.6 Å². The number of benzene rings is 1. The van der Waals surface area contributed by atoms with Crippen LogP contribution < -0.4 is 10.2 Å². The van der Waals surface area contributed by atoms with E-state index in [0.29, 0.717) is 0 Å². The Balaban J connectivity index is 2.18. The lowest BCUT2D eigenvalue weighted by Crippen LogP contribution is -2.27. The predicted octanol–water partition coefficient (Wildman–Crippen LogP) is 4.54. The van der Waals surface area contributed by atoms with E-state index in [1.54, 1.807) is 0 Å². The van der Waals surface area contributed by atoms with Gasteiger partial charge in [-0.05, 0) is 38.0 Å². The van der Waals surface area contributed by atoms with E-state index < -0.39 is 0 Å². The molecule has 100 valence electrons. The van der Waals surface area contributed by atoms with Crippen LogP contribution >= 0.6 is 11.6 Å². The van der Waals surface area contributed by atoms with Crippen molar-refractivity contribution < 1.29 is 0 Å². The van der Waals surface area contributed by atoms with Crippen LogP contribution in [0, 0.1) is 0 Å². The summed E-state index contributed by atoms with van der Waals surface area (Å²) in [5, 5.41) is 4.23. The van der Waals surface area contributed by atoms with Gasteiger partial charge in [0.2, 0.25) is 0 Å². The second-order valence-electron chi connectivity index (χ2n) is 4.95. The first kappa shape index (κ1) is 13.5. The Labute approximate surface area is 115 Å². The summed E-state index contributed by atoms with van der Waals surface area (Å²) >= 11 is 6.09. The molecule has 1 aromatic carbocycles. The van der Waals surface area contributed by atoms with Crippen molar-refractivity contribution in [3.63, 3.8) is 0 Å². The quantitative estimate of drug-likeness (QED) is 0.864. The highest BCUT2D eigenvalue weighted by atomic mass is 35.5. The number of anilines is 2. The van der Waals surface area contributed by atoms with Gasteiger partial charge in [0.05, 0.1) is 11.4 Å². The Kier molecular flexibility index (Phi) is 5.18. The maximum absolute atomic E-state index is 6.09. The van der Waals surface area contributed by atoms with Crippen molar-refractivity contribution in [1.82, 2.24) is 0 Å². The summed E-state index contributed by atoms with van der Waals surface area (Å²) in [5.74, 6) is 0. The van der Waals surface area contributed by atoms with Crippen LogP contribution in [0.3, 0.4) is 0 Å². The summed E-state index contributed by atoms with van der Waals surface area (Å²) in [6.45, 7) is 5.39. The first-order valence-corrected chi connectivity index (χ1v) is 7.47. The van der Waals surface area contributed by atoms with Crippen LogP contribution in [0.2, 0.25) is 5.02 Å². The Morgan fingerprint density at radius 2 is 1.78 bits per heavy atom. The topological polar surface area (TPSA) is 15.3 Å². The van der Waals surface area contributed by atoms with Crippen LogP contribution in [0.15, 0.2) is 18.2 Å². The van der Waals surface area contributed by atoms with Gasteiger partial charge < -0.3 is 10.2 Å². The highest BCUT2D eigenvalue weighted by Crippen LogP contribution is 2.30. The minimum absolute atomic E-state index is 0.807. The molecule has 0 aliphatic carbocycles. The third-order valence-electron chi connectivity index (χ3n) is 3.52. The van der Waals surface area contributed by atoms with E-state index in [1.807, 2.05) is 12.1 Å². The number of hydrogen-bond donors (Lipinski definition) is 1. The smallest absolute Gasteiger partial charge is 0.0603 e. The number of nitrogens with zero attached hydrogens (tertiary/aromatic N) is 1. The van der Waals surface area contributed by atoms with Crippen LogP contribution in [-0.2, 0) is 0 Å². The molecule has 3 heteroatoms. The van der Waals surface area contributed by atoms with E-state index in [2.05, 4.69) is 23.2 Å². The zero-order valence-corrected chi connectivity index (χ0v) is 12.0. The number of rotatable bonds is 3. The molecule has 1 aromatic rings. The lowest BCUT2D eigenvalue weighted by atomic mass is 10.1. The minimum atomic E-state index is 0.807. The van der Waals surface area contributed by atoms with Gasteiger partial charge in [-0.1, -0.05) is 30.9 Å². The zero-order chi connectivity index (χ0) is 12.8. The number of hydrogen-bond acceptors (Lipinski definition) is 2. The van der Waals surface area contributed by atoms with Crippen molar-refractivity contribution >= 4 is 23.0 Å². The Morgan fingerprint density at radius 3 is 2.44 bits per heavy atom. The summed E-state index contributed by atoms with van der Waals surface area (Å²) < 4.78 is 0. The van der Waals surface area contributed by atoms with Crippen molar-refractivity contribution in [2.75, 3.05) is 29.9 Å². The SMILES string of the molecule is CCNc1cc(Cl)ccc1N1CCCCCCC1. The highest BCUT2D eigenvalue weighted by molar-refractivity contribution is 6.31. The second kappa shape index (κ2) is 6.89. The molecule has 0 radical (unpaired) electrons. The van der Waals surface area contributed by atoms with Crippen molar-refractivity contribution in [1.29, 1.82) is 0 Å². The zero-order valence-electron chi connectivity index (χ0n) is 11.2. The standard InChI is InChI=1S/C15H23ClN2/c1-2-17-14-12-13(16)8-9-15(14)18-10-6-4-3-5-7-11-18/h8-9,12,17H,2-7,10-11H2,1H3. The van der Waals surface area contributed by atoms with Gasteiger partial charge in [-0.2, -0.15) is 0 Å². The van der Waals surface area contributed by atoms with Gasteiger partial charge in [0.15, 0.2) is 0 Å². The van der Waals surface area contributed by atoms with E-state index in [1.165, 1.54) is 56.6 Å². The molecule has 0 unspecified atom stereocenters. The van der Waals surface area contributed by atoms with Crippen LogP contribution in [0.25, 0.3) is 0 Å². The molecule has 18 heavy (non-hydrogen) atoms. The lowest BCUT2D eigenvalue weighted by molar-refractivity contribution is 0.557. The van der Waals surface area contributed by atoms with Crippen molar-refractivity contribution in [2.45, 2.75) is 39.0 Å². The molecule has 0 spiro atoms. The maximum Gasteiger partial charge on any atom is 0.0603 e. The molecule has 1 saturated heterocycles. The molecule has 2 nitrogen and oxygen atoms in total. The fourth-order valence-corrected chi connectivity index (χ4v) is 2.78. The molecule has 0 saturated carbocycles. The van der Waals surface area contributed by atoms with Crippen LogP contribution in [0.1, 0.15) is 39.0 Å². The van der Waals surface area contributed by atoms with Gasteiger partial charge in [-0.25, -0.2) is 0 Å². The molecule has 0 bridgehead atoms. The summed E-state index contributed by atoms with van der Waals surface area (Å²) in [6.07, 6.45) is 6.72. The van der Waals surface area contributed by atoms with E-state index in [-0.39, 0.29) is 0 Å². The second-order valence-corrected chi connectivity index (χ2v) is 5.38. The van der Waals surface area contributed by atoms with E-state index in [9.17, 15) is 0 Å². The predicted molar refractivity (Wildman–Crippen MR) is 80.9 cm³/mol. The molecule has 0 atom stereocenters. The van der Waals surface area contributed by atoms with E-state index in [4.69, 9.17) is 11.6 Å². The van der Waals surface area contributed by atoms with Gasteiger partial charge in [-0.15, -0.1) is 0 Å². The normalized spacial score (nSPS) is 17.1. The first-order valence-electron chi connectivity index (χ1n) is 7.09. The maximum atomic E-state index is 6.09. The molecule has 1 N–H and O–H groups in total. The molecule has 2 rings (SSSR count). The van der Waals surface area contributed by atoms with Gasteiger partial charge in [-0.3, -0.25) is 0 Å². The molecule has 1 heterocycles. The van der Waals surface area contributed by atoms with Crippen molar-refractivity contribution in [3.8, 4) is 0 Å². The third kappa shape index (κ3) is 3.55. The molecule has 1 aliphatic rings. The van der Waals surface area contributed by atoms with Crippen molar-refractivity contribution in [3.05, 3.63) is 23.2 Å². The molecular weight excluding hydrogens is 244 g/mol. The molecular formula is C15H23ClN2. The Bertz CT molecular complexity index is 371. The highest BCUT2D eigenvalue weighted by Gasteiger charge is 2.12. The first-order chi connectivity index (χ1) is 8.81. The van der Waals surface area contributed by atoms with Gasteiger partial charge in [0.1, 0.15) is 0 Å². The summed E-state index contributed by atoms with van der Waals surface area (Å²) in [4.78, 5) is 2.51. The Hall–Kier alpha value is -0.890. The lowest BCUT2D eigenvalue weighted by Gasteiger charge is -2.29. The van der Waals surface area contributed by atoms with E-state index >= 15 is 0 Å². The molecule has 1 fully saturated rings. The summed E-state index contributed by atoms with van der Waals surface area (Å²) in [6, 6.07) is 6.19. The molecule has 1 aliphatic heterocycles. The van der Waals surface area contributed by atoms with Crippen LogP contribution in [0.5, 0.6) is 0 Å². The monoisotopic (exact) mass is 266 g/mol. The minimum Gasteiger partial charge on any atom is -0.384 e. The summed E-state index contributed by atoms with van der Waals surface area (Å²) in [7, 11) is 0. The average molecular weight is 267 g/mol. The largest absolute Gasteiger partial charge is 0.384 e.